The van der Waals surface area contributed by atoms with Gasteiger partial charge in [0.2, 0.25) is 0 Å². The molecule has 1 heterocycles. The van der Waals surface area contributed by atoms with E-state index in [1.54, 1.807) is 0 Å². The number of rotatable bonds is 4. The Morgan fingerprint density at radius 1 is 1.38 bits per heavy atom. The van der Waals surface area contributed by atoms with E-state index in [1.165, 1.54) is 11.8 Å². The topological polar surface area (TPSA) is 78.0 Å². The van der Waals surface area contributed by atoms with E-state index < -0.39 is 9.84 Å². The lowest BCUT2D eigenvalue weighted by Gasteiger charge is -2.29. The summed E-state index contributed by atoms with van der Waals surface area (Å²) in [6.07, 6.45) is 5.58. The zero-order valence-electron chi connectivity index (χ0n) is 13.5. The van der Waals surface area contributed by atoms with Gasteiger partial charge in [-0.25, -0.2) is 8.42 Å². The molecule has 0 spiro atoms. The maximum absolute atomic E-state index is 11.8. The number of nitrogens with zero attached hydrogens (tertiary/aromatic N) is 2. The molecule has 0 saturated heterocycles. The Morgan fingerprint density at radius 2 is 2.05 bits per heavy atom. The zero-order valence-corrected chi connectivity index (χ0v) is 14.3. The third-order valence-electron chi connectivity index (χ3n) is 4.55. The van der Waals surface area contributed by atoms with Crippen LogP contribution in [0.3, 0.4) is 0 Å². The van der Waals surface area contributed by atoms with E-state index >= 15 is 0 Å². The number of aryl methyl sites for hydroxylation is 1. The first-order valence-electron chi connectivity index (χ1n) is 7.69. The molecule has 1 aliphatic rings. The summed E-state index contributed by atoms with van der Waals surface area (Å²) < 4.78 is 25.7. The number of aromatic nitrogens is 2. The molecule has 120 valence electrons. The van der Waals surface area contributed by atoms with Gasteiger partial charge >= 0.3 is 0 Å². The number of hydrogen-bond acceptors (Lipinski definition) is 4. The highest BCUT2D eigenvalue weighted by molar-refractivity contribution is 7.91. The molecule has 0 bridgehead atoms. The van der Waals surface area contributed by atoms with Crippen LogP contribution < -0.4 is 5.73 Å². The number of nitrogens with two attached hydrogens (primary N) is 1. The summed E-state index contributed by atoms with van der Waals surface area (Å²) in [5.41, 5.74) is 9.29. The summed E-state index contributed by atoms with van der Waals surface area (Å²) >= 11 is 0. The Kier molecular flexibility index (Phi) is 4.78. The average molecular weight is 313 g/mol. The van der Waals surface area contributed by atoms with E-state index in [-0.39, 0.29) is 17.3 Å². The molecule has 6 heteroatoms. The minimum atomic E-state index is -2.96. The van der Waals surface area contributed by atoms with Gasteiger partial charge in [0.1, 0.15) is 9.84 Å². The quantitative estimate of drug-likeness (QED) is 0.921. The smallest absolute Gasteiger partial charge is 0.150 e. The molecule has 3 atom stereocenters. The van der Waals surface area contributed by atoms with Gasteiger partial charge in [-0.15, -0.1) is 0 Å². The van der Waals surface area contributed by atoms with Gasteiger partial charge in [-0.3, -0.25) is 4.68 Å². The molecule has 21 heavy (non-hydrogen) atoms. The van der Waals surface area contributed by atoms with E-state index in [0.29, 0.717) is 6.42 Å². The lowest BCUT2D eigenvalue weighted by Crippen LogP contribution is -2.29. The van der Waals surface area contributed by atoms with Crippen LogP contribution in [0.4, 0.5) is 0 Å². The highest BCUT2D eigenvalue weighted by Crippen LogP contribution is 2.33. The molecular weight excluding hydrogens is 286 g/mol. The fraction of sp³-hybridized carbons (Fsp3) is 0.800. The third-order valence-corrected chi connectivity index (χ3v) is 6.19. The van der Waals surface area contributed by atoms with Crippen molar-refractivity contribution in [1.29, 1.82) is 0 Å². The van der Waals surface area contributed by atoms with Crippen LogP contribution in [0.1, 0.15) is 55.6 Å². The predicted octanol–water partition coefficient (Wildman–Crippen LogP) is 1.92. The fourth-order valence-electron chi connectivity index (χ4n) is 3.40. The van der Waals surface area contributed by atoms with Crippen molar-refractivity contribution in [3.63, 3.8) is 0 Å². The molecule has 2 N–H and O–H groups in total. The van der Waals surface area contributed by atoms with Crippen molar-refractivity contribution in [2.75, 3.05) is 6.26 Å². The zero-order chi connectivity index (χ0) is 15.8. The van der Waals surface area contributed by atoms with Crippen LogP contribution in [-0.4, -0.2) is 35.7 Å². The maximum Gasteiger partial charge on any atom is 0.150 e. The van der Waals surface area contributed by atoms with E-state index in [4.69, 9.17) is 5.73 Å². The molecular formula is C15H27N3O2S. The van der Waals surface area contributed by atoms with Gasteiger partial charge < -0.3 is 5.73 Å². The number of hydrogen-bond donors (Lipinski definition) is 1. The Morgan fingerprint density at radius 3 is 2.62 bits per heavy atom. The molecule has 1 saturated carbocycles. The van der Waals surface area contributed by atoms with Crippen LogP contribution in [0, 0.1) is 13.8 Å². The SMILES string of the molecule is Cc1nn(C2CCCC(S(C)(=O)=O)C2)c(C)c1CC(C)N. The van der Waals surface area contributed by atoms with Gasteiger partial charge in [-0.2, -0.15) is 5.10 Å². The van der Waals surface area contributed by atoms with Crippen LogP contribution in [0.15, 0.2) is 0 Å². The van der Waals surface area contributed by atoms with Gasteiger partial charge in [-0.05, 0) is 52.0 Å². The monoisotopic (exact) mass is 313 g/mol. The first-order valence-corrected chi connectivity index (χ1v) is 9.64. The largest absolute Gasteiger partial charge is 0.328 e. The second kappa shape index (κ2) is 6.08. The maximum atomic E-state index is 11.8. The van der Waals surface area contributed by atoms with Crippen molar-refractivity contribution in [1.82, 2.24) is 9.78 Å². The highest BCUT2D eigenvalue weighted by Gasteiger charge is 2.31. The summed E-state index contributed by atoms with van der Waals surface area (Å²) in [6.45, 7) is 6.08. The molecule has 1 aromatic heterocycles. The van der Waals surface area contributed by atoms with Crippen molar-refractivity contribution in [3.05, 3.63) is 17.0 Å². The van der Waals surface area contributed by atoms with Crippen molar-refractivity contribution < 1.29 is 8.42 Å². The molecule has 0 aliphatic heterocycles. The summed E-state index contributed by atoms with van der Waals surface area (Å²) in [5.74, 6) is 0. The van der Waals surface area contributed by atoms with Gasteiger partial charge in [-0.1, -0.05) is 6.42 Å². The molecule has 3 unspecified atom stereocenters. The standard InChI is InChI=1S/C15H27N3O2S/c1-10(16)8-15-11(2)17-18(12(15)3)13-6-5-7-14(9-13)21(4,19)20/h10,13-14H,5-9,16H2,1-4H3. The molecule has 1 aromatic rings. The van der Waals surface area contributed by atoms with E-state index in [1.807, 2.05) is 18.5 Å². The first-order chi connectivity index (χ1) is 9.70. The van der Waals surface area contributed by atoms with E-state index in [9.17, 15) is 8.42 Å². The molecule has 2 rings (SSSR count). The minimum absolute atomic E-state index is 0.107. The van der Waals surface area contributed by atoms with Crippen molar-refractivity contribution in [2.45, 2.75) is 70.2 Å². The Hall–Kier alpha value is -0.880. The highest BCUT2D eigenvalue weighted by atomic mass is 32.2. The summed E-state index contributed by atoms with van der Waals surface area (Å²) in [5, 5.41) is 4.44. The number of sulfone groups is 1. The lowest BCUT2D eigenvalue weighted by molar-refractivity contribution is 0.324. The van der Waals surface area contributed by atoms with Gasteiger partial charge in [0.25, 0.3) is 0 Å². The van der Waals surface area contributed by atoms with Crippen LogP contribution >= 0.6 is 0 Å². The molecule has 0 aromatic carbocycles. The Bertz CT molecular complexity index is 605. The summed E-state index contributed by atoms with van der Waals surface area (Å²) in [7, 11) is -2.96. The molecule has 1 aliphatic carbocycles. The van der Waals surface area contributed by atoms with Gasteiger partial charge in [0.15, 0.2) is 0 Å². The Balaban J connectivity index is 2.26. The van der Waals surface area contributed by atoms with Gasteiger partial charge in [0.05, 0.1) is 17.0 Å². The second-order valence-electron chi connectivity index (χ2n) is 6.55. The molecule has 0 amide bonds. The van der Waals surface area contributed by atoms with E-state index in [2.05, 4.69) is 12.0 Å². The second-order valence-corrected chi connectivity index (χ2v) is 8.87. The summed E-state index contributed by atoms with van der Waals surface area (Å²) in [4.78, 5) is 0. The van der Waals surface area contributed by atoms with Crippen molar-refractivity contribution in [3.8, 4) is 0 Å². The molecule has 5 nitrogen and oxygen atoms in total. The van der Waals surface area contributed by atoms with Crippen molar-refractivity contribution >= 4 is 9.84 Å². The van der Waals surface area contributed by atoms with Crippen molar-refractivity contribution in [2.24, 2.45) is 5.73 Å². The first kappa shape index (κ1) is 16.5. The molecule has 0 radical (unpaired) electrons. The fourth-order valence-corrected chi connectivity index (χ4v) is 4.57. The van der Waals surface area contributed by atoms with Crippen LogP contribution in [-0.2, 0) is 16.3 Å². The predicted molar refractivity (Wildman–Crippen MR) is 85.2 cm³/mol. The normalized spacial score (nSPS) is 25.0. The Labute approximate surface area is 127 Å². The van der Waals surface area contributed by atoms with Crippen LogP contribution in [0.25, 0.3) is 0 Å². The molecule has 1 fully saturated rings. The lowest BCUT2D eigenvalue weighted by atomic mass is 9.94. The average Bonchev–Trinajstić information content (AvgIpc) is 2.65. The van der Waals surface area contributed by atoms with Crippen LogP contribution in [0.5, 0.6) is 0 Å². The van der Waals surface area contributed by atoms with Crippen LogP contribution in [0.2, 0.25) is 0 Å². The van der Waals surface area contributed by atoms with E-state index in [0.717, 1.165) is 37.1 Å². The minimum Gasteiger partial charge on any atom is -0.328 e. The van der Waals surface area contributed by atoms with Gasteiger partial charge in [0, 0.05) is 18.0 Å². The third kappa shape index (κ3) is 3.66. The summed E-state index contributed by atoms with van der Waals surface area (Å²) in [6, 6.07) is 0.300.